The number of nitrogens with one attached hydrogen (secondary N) is 2. The minimum Gasteiger partial charge on any atom is -0.352 e. The van der Waals surface area contributed by atoms with E-state index in [0.29, 0.717) is 29.8 Å². The minimum absolute atomic E-state index is 0.254. The average Bonchev–Trinajstić information content (AvgIpc) is 2.46. The first-order chi connectivity index (χ1) is 10.1. The number of carbonyl (C=O) groups excluding carboxylic acids is 1. The number of nitrogens with two attached hydrogens (primary N) is 1. The fourth-order valence-electron chi connectivity index (χ4n) is 1.90. The Morgan fingerprint density at radius 2 is 1.67 bits per heavy atom. The molecule has 0 radical (unpaired) electrons. The zero-order chi connectivity index (χ0) is 15.2. The van der Waals surface area contributed by atoms with Gasteiger partial charge in [0.1, 0.15) is 11.6 Å². The number of hydrogen-bond acceptors (Lipinski definition) is 3. The molecular weight excluding hydrogens is 276 g/mol. The molecule has 110 valence electrons. The van der Waals surface area contributed by atoms with Crippen LogP contribution in [-0.2, 0) is 6.42 Å². The number of carbonyl (C=O) groups is 1. The zero-order valence-electron chi connectivity index (χ0n) is 11.2. The van der Waals surface area contributed by atoms with Crippen molar-refractivity contribution >= 4 is 11.6 Å². The van der Waals surface area contributed by atoms with Crippen LogP contribution in [0, 0.1) is 11.6 Å². The van der Waals surface area contributed by atoms with Gasteiger partial charge < -0.3 is 10.7 Å². The van der Waals surface area contributed by atoms with Crippen molar-refractivity contribution in [2.45, 2.75) is 6.42 Å². The van der Waals surface area contributed by atoms with E-state index in [0.717, 1.165) is 6.07 Å². The van der Waals surface area contributed by atoms with E-state index in [1.54, 1.807) is 24.3 Å². The normalized spacial score (nSPS) is 10.2. The fraction of sp³-hybridized carbons (Fsp3) is 0.133. The second kappa shape index (κ2) is 6.81. The lowest BCUT2D eigenvalue weighted by Crippen LogP contribution is -2.25. The predicted molar refractivity (Wildman–Crippen MR) is 76.6 cm³/mol. The van der Waals surface area contributed by atoms with Gasteiger partial charge in [0.25, 0.3) is 5.91 Å². The molecular formula is C15H15F2N3O. The van der Waals surface area contributed by atoms with E-state index < -0.39 is 11.6 Å². The van der Waals surface area contributed by atoms with Crippen LogP contribution < -0.4 is 16.6 Å². The molecule has 0 aromatic heterocycles. The van der Waals surface area contributed by atoms with Gasteiger partial charge in [-0.2, -0.15) is 0 Å². The molecule has 0 saturated carbocycles. The quantitative estimate of drug-likeness (QED) is 0.584. The first-order valence-electron chi connectivity index (χ1n) is 6.38. The highest BCUT2D eigenvalue weighted by molar-refractivity contribution is 5.94. The van der Waals surface area contributed by atoms with Crippen LogP contribution in [0.3, 0.4) is 0 Å². The van der Waals surface area contributed by atoms with Crippen LogP contribution >= 0.6 is 0 Å². The number of hydrazine groups is 1. The second-order valence-corrected chi connectivity index (χ2v) is 4.51. The first kappa shape index (κ1) is 14.9. The Balaban J connectivity index is 1.88. The first-order valence-corrected chi connectivity index (χ1v) is 6.38. The minimum atomic E-state index is -0.624. The van der Waals surface area contributed by atoms with Crippen LogP contribution in [-0.4, -0.2) is 12.5 Å². The van der Waals surface area contributed by atoms with Gasteiger partial charge in [0.15, 0.2) is 0 Å². The molecule has 0 atom stereocenters. The van der Waals surface area contributed by atoms with Gasteiger partial charge in [0.05, 0.1) is 0 Å². The maximum Gasteiger partial charge on any atom is 0.251 e. The van der Waals surface area contributed by atoms with Gasteiger partial charge in [-0.15, -0.1) is 0 Å². The topological polar surface area (TPSA) is 67.1 Å². The summed E-state index contributed by atoms with van der Waals surface area (Å²) in [4.78, 5) is 11.9. The van der Waals surface area contributed by atoms with Crippen molar-refractivity contribution in [3.05, 3.63) is 65.2 Å². The van der Waals surface area contributed by atoms with Crippen LogP contribution in [0.4, 0.5) is 14.5 Å². The summed E-state index contributed by atoms with van der Waals surface area (Å²) in [5, 5.41) is 2.69. The number of nitrogen functional groups attached to an aromatic ring is 1. The van der Waals surface area contributed by atoms with Gasteiger partial charge >= 0.3 is 0 Å². The molecule has 0 spiro atoms. The summed E-state index contributed by atoms with van der Waals surface area (Å²) in [7, 11) is 0. The van der Waals surface area contributed by atoms with E-state index in [9.17, 15) is 13.6 Å². The number of rotatable bonds is 5. The van der Waals surface area contributed by atoms with Crippen molar-refractivity contribution in [3.63, 3.8) is 0 Å². The standard InChI is InChI=1S/C15H15F2N3O/c16-12-7-10(8-13(17)9-12)5-6-19-15(21)11-1-3-14(20-18)4-2-11/h1-4,7-9,20H,5-6,18H2,(H,19,21). The van der Waals surface area contributed by atoms with Gasteiger partial charge in [-0.1, -0.05) is 0 Å². The van der Waals surface area contributed by atoms with E-state index in [1.165, 1.54) is 12.1 Å². The average molecular weight is 291 g/mol. The number of benzene rings is 2. The van der Waals surface area contributed by atoms with Crippen molar-refractivity contribution in [1.82, 2.24) is 5.32 Å². The van der Waals surface area contributed by atoms with Crippen LogP contribution in [0.1, 0.15) is 15.9 Å². The molecule has 0 fully saturated rings. The third-order valence-electron chi connectivity index (χ3n) is 2.94. The van der Waals surface area contributed by atoms with Crippen molar-refractivity contribution in [3.8, 4) is 0 Å². The highest BCUT2D eigenvalue weighted by atomic mass is 19.1. The molecule has 4 nitrogen and oxygen atoms in total. The molecule has 0 aliphatic rings. The maximum atomic E-state index is 13.0. The number of hydrogen-bond donors (Lipinski definition) is 3. The zero-order valence-corrected chi connectivity index (χ0v) is 11.2. The summed E-state index contributed by atoms with van der Waals surface area (Å²) in [6.45, 7) is 0.290. The second-order valence-electron chi connectivity index (χ2n) is 4.51. The summed E-state index contributed by atoms with van der Waals surface area (Å²) in [5.41, 5.74) is 4.14. The van der Waals surface area contributed by atoms with Gasteiger partial charge in [-0.3, -0.25) is 10.6 Å². The molecule has 21 heavy (non-hydrogen) atoms. The molecule has 2 aromatic carbocycles. The molecule has 0 bridgehead atoms. The van der Waals surface area contributed by atoms with Gasteiger partial charge in [0.2, 0.25) is 0 Å². The Morgan fingerprint density at radius 3 is 2.24 bits per heavy atom. The van der Waals surface area contributed by atoms with E-state index in [-0.39, 0.29) is 5.91 Å². The summed E-state index contributed by atoms with van der Waals surface area (Å²) < 4.78 is 26.0. The Labute approximate surface area is 120 Å². The number of anilines is 1. The molecule has 4 N–H and O–H groups in total. The smallest absolute Gasteiger partial charge is 0.251 e. The Hall–Kier alpha value is -2.47. The van der Waals surface area contributed by atoms with E-state index >= 15 is 0 Å². The molecule has 2 rings (SSSR count). The maximum absolute atomic E-state index is 13.0. The Bertz CT molecular complexity index is 609. The number of amides is 1. The third kappa shape index (κ3) is 4.25. The van der Waals surface area contributed by atoms with Crippen molar-refractivity contribution < 1.29 is 13.6 Å². The van der Waals surface area contributed by atoms with Crippen molar-refractivity contribution in [1.29, 1.82) is 0 Å². The summed E-state index contributed by atoms with van der Waals surface area (Å²) >= 11 is 0. The van der Waals surface area contributed by atoms with Gasteiger partial charge in [0, 0.05) is 23.9 Å². The molecule has 0 saturated heterocycles. The highest BCUT2D eigenvalue weighted by Crippen LogP contribution is 2.09. The summed E-state index contributed by atoms with van der Waals surface area (Å²) in [6.07, 6.45) is 0.350. The highest BCUT2D eigenvalue weighted by Gasteiger charge is 2.05. The lowest BCUT2D eigenvalue weighted by Gasteiger charge is -2.07. The number of halogens is 2. The SMILES string of the molecule is NNc1ccc(C(=O)NCCc2cc(F)cc(F)c2)cc1. The molecule has 2 aromatic rings. The fourth-order valence-corrected chi connectivity index (χ4v) is 1.90. The molecule has 0 heterocycles. The van der Waals surface area contributed by atoms with Crippen LogP contribution in [0.15, 0.2) is 42.5 Å². The molecule has 0 aliphatic heterocycles. The summed E-state index contributed by atoms with van der Waals surface area (Å²) in [6, 6.07) is 9.93. The monoisotopic (exact) mass is 291 g/mol. The molecule has 0 unspecified atom stereocenters. The van der Waals surface area contributed by atoms with E-state index in [2.05, 4.69) is 10.7 Å². The van der Waals surface area contributed by atoms with Gasteiger partial charge in [-0.05, 0) is 48.4 Å². The van der Waals surface area contributed by atoms with E-state index in [1.807, 2.05) is 0 Å². The largest absolute Gasteiger partial charge is 0.352 e. The molecule has 6 heteroatoms. The lowest BCUT2D eigenvalue weighted by atomic mass is 10.1. The Kier molecular flexibility index (Phi) is 4.84. The lowest BCUT2D eigenvalue weighted by molar-refractivity contribution is 0.0954. The van der Waals surface area contributed by atoms with E-state index in [4.69, 9.17) is 5.84 Å². The van der Waals surface area contributed by atoms with Crippen LogP contribution in [0.25, 0.3) is 0 Å². The van der Waals surface area contributed by atoms with Crippen molar-refractivity contribution in [2.24, 2.45) is 5.84 Å². The predicted octanol–water partition coefficient (Wildman–Crippen LogP) is 2.22. The summed E-state index contributed by atoms with van der Waals surface area (Å²) in [5.74, 6) is 3.73. The van der Waals surface area contributed by atoms with Crippen molar-refractivity contribution in [2.75, 3.05) is 12.0 Å². The van der Waals surface area contributed by atoms with Crippen LogP contribution in [0.5, 0.6) is 0 Å². The molecule has 1 amide bonds. The third-order valence-corrected chi connectivity index (χ3v) is 2.94. The van der Waals surface area contributed by atoms with Gasteiger partial charge in [-0.25, -0.2) is 8.78 Å². The van der Waals surface area contributed by atoms with Crippen LogP contribution in [0.2, 0.25) is 0 Å². The molecule has 0 aliphatic carbocycles. The Morgan fingerprint density at radius 1 is 1.05 bits per heavy atom.